The third-order valence-electron chi connectivity index (χ3n) is 4.88. The van der Waals surface area contributed by atoms with Crippen LogP contribution in [0, 0.1) is 0 Å². The minimum atomic E-state index is 0.381. The van der Waals surface area contributed by atoms with Gasteiger partial charge >= 0.3 is 0 Å². The van der Waals surface area contributed by atoms with Crippen molar-refractivity contribution in [1.29, 1.82) is 0 Å². The first-order chi connectivity index (χ1) is 13.7. The number of nitrogens with one attached hydrogen (secondary N) is 2. The normalized spacial score (nSPS) is 17.5. The van der Waals surface area contributed by atoms with Gasteiger partial charge in [-0.1, -0.05) is 0 Å². The summed E-state index contributed by atoms with van der Waals surface area (Å²) in [6.07, 6.45) is 6.65. The molecule has 2 heterocycles. The number of nitrogens with zero attached hydrogens (tertiary/aromatic N) is 4. The summed E-state index contributed by atoms with van der Waals surface area (Å²) in [6.45, 7) is 4.55. The molecule has 2 N–H and O–H groups in total. The number of hydrogen-bond acceptors (Lipinski definition) is 5. The van der Waals surface area contributed by atoms with E-state index in [1.807, 2.05) is 30.2 Å². The van der Waals surface area contributed by atoms with Crippen molar-refractivity contribution in [2.75, 3.05) is 40.9 Å². The fourth-order valence-electron chi connectivity index (χ4n) is 3.42. The molecule has 1 aromatic carbocycles. The first-order valence-corrected chi connectivity index (χ1v) is 9.57. The largest absolute Gasteiger partial charge is 0.497 e. The van der Waals surface area contributed by atoms with Crippen LogP contribution >= 0.6 is 0 Å². The van der Waals surface area contributed by atoms with Gasteiger partial charge in [-0.3, -0.25) is 9.89 Å². The standard InChI is InChI=1S/C20H30N6O2/c1-21-20(23-6-9-25-8-5-22-15-25)24-17-4-7-26(14-17)13-16-10-18(27-2)12-19(11-16)28-3/h5,8,10-12,15,17H,4,6-7,9,13-14H2,1-3H3,(H2,21,23,24). The average molecular weight is 387 g/mol. The van der Waals surface area contributed by atoms with E-state index in [0.29, 0.717) is 6.04 Å². The van der Waals surface area contributed by atoms with Gasteiger partial charge in [-0.15, -0.1) is 0 Å². The van der Waals surface area contributed by atoms with Gasteiger partial charge in [0.05, 0.1) is 20.5 Å². The van der Waals surface area contributed by atoms with Crippen molar-refractivity contribution >= 4 is 5.96 Å². The zero-order chi connectivity index (χ0) is 19.8. The highest BCUT2D eigenvalue weighted by molar-refractivity contribution is 5.79. The SMILES string of the molecule is CN=C(NCCn1ccnc1)NC1CCN(Cc2cc(OC)cc(OC)c2)C1. The summed E-state index contributed by atoms with van der Waals surface area (Å²) < 4.78 is 12.8. The van der Waals surface area contributed by atoms with Gasteiger partial charge in [0.15, 0.2) is 5.96 Å². The van der Waals surface area contributed by atoms with Crippen molar-refractivity contribution < 1.29 is 9.47 Å². The fraction of sp³-hybridized carbons (Fsp3) is 0.500. The second-order valence-corrected chi connectivity index (χ2v) is 6.89. The minimum absolute atomic E-state index is 0.381. The molecule has 0 aliphatic carbocycles. The monoisotopic (exact) mass is 386 g/mol. The van der Waals surface area contributed by atoms with Crippen LogP contribution in [0.4, 0.5) is 0 Å². The highest BCUT2D eigenvalue weighted by Gasteiger charge is 2.23. The van der Waals surface area contributed by atoms with E-state index < -0.39 is 0 Å². The number of likely N-dealkylation sites (tertiary alicyclic amines) is 1. The molecule has 3 rings (SSSR count). The van der Waals surface area contributed by atoms with E-state index >= 15 is 0 Å². The third kappa shape index (κ3) is 5.63. The Labute approximate surface area is 166 Å². The Morgan fingerprint density at radius 1 is 1.25 bits per heavy atom. The summed E-state index contributed by atoms with van der Waals surface area (Å²) in [4.78, 5) is 10.8. The second-order valence-electron chi connectivity index (χ2n) is 6.89. The summed E-state index contributed by atoms with van der Waals surface area (Å²) in [6, 6.07) is 6.42. The molecule has 0 saturated carbocycles. The molecule has 2 aromatic rings. The summed E-state index contributed by atoms with van der Waals surface area (Å²) >= 11 is 0. The number of benzene rings is 1. The van der Waals surface area contributed by atoms with Gasteiger partial charge in [-0.2, -0.15) is 0 Å². The highest BCUT2D eigenvalue weighted by Crippen LogP contribution is 2.24. The van der Waals surface area contributed by atoms with Crippen LogP contribution in [0.5, 0.6) is 11.5 Å². The van der Waals surface area contributed by atoms with Crippen molar-refractivity contribution in [3.05, 3.63) is 42.5 Å². The molecule has 1 fully saturated rings. The third-order valence-corrected chi connectivity index (χ3v) is 4.88. The van der Waals surface area contributed by atoms with Crippen molar-refractivity contribution in [2.45, 2.75) is 25.6 Å². The van der Waals surface area contributed by atoms with E-state index in [1.165, 1.54) is 5.56 Å². The first-order valence-electron chi connectivity index (χ1n) is 9.57. The topological polar surface area (TPSA) is 75.9 Å². The molecule has 8 nitrogen and oxygen atoms in total. The van der Waals surface area contributed by atoms with Crippen LogP contribution in [0.15, 0.2) is 41.9 Å². The van der Waals surface area contributed by atoms with Gasteiger partial charge in [0.25, 0.3) is 0 Å². The highest BCUT2D eigenvalue weighted by atomic mass is 16.5. The van der Waals surface area contributed by atoms with E-state index in [2.05, 4.69) is 37.6 Å². The Bertz CT molecular complexity index is 740. The molecule has 1 aliphatic rings. The van der Waals surface area contributed by atoms with Crippen LogP contribution in [0.3, 0.4) is 0 Å². The van der Waals surface area contributed by atoms with E-state index in [-0.39, 0.29) is 0 Å². The van der Waals surface area contributed by atoms with Gasteiger partial charge in [0, 0.05) is 64.3 Å². The molecule has 1 aliphatic heterocycles. The second kappa shape index (κ2) is 9.98. The maximum atomic E-state index is 5.37. The molecule has 1 unspecified atom stereocenters. The van der Waals surface area contributed by atoms with Crippen molar-refractivity contribution in [1.82, 2.24) is 25.1 Å². The number of ether oxygens (including phenoxy) is 2. The number of imidazole rings is 1. The Hall–Kier alpha value is -2.74. The Kier molecular flexibility index (Phi) is 7.13. The predicted molar refractivity (Wildman–Crippen MR) is 110 cm³/mol. The molecule has 1 atom stereocenters. The average Bonchev–Trinajstić information content (AvgIpc) is 3.39. The lowest BCUT2D eigenvalue weighted by Gasteiger charge is -2.19. The number of hydrogen-bond donors (Lipinski definition) is 2. The fourth-order valence-corrected chi connectivity index (χ4v) is 3.42. The maximum Gasteiger partial charge on any atom is 0.191 e. The van der Waals surface area contributed by atoms with Crippen LogP contribution < -0.4 is 20.1 Å². The van der Waals surface area contributed by atoms with Crippen LogP contribution in [0.1, 0.15) is 12.0 Å². The zero-order valence-corrected chi connectivity index (χ0v) is 16.9. The summed E-state index contributed by atoms with van der Waals surface area (Å²) in [5, 5.41) is 6.90. The quantitative estimate of drug-likeness (QED) is 0.527. The molecule has 1 saturated heterocycles. The van der Waals surface area contributed by atoms with E-state index in [9.17, 15) is 0 Å². The van der Waals surface area contributed by atoms with Crippen molar-refractivity contribution in [3.63, 3.8) is 0 Å². The zero-order valence-electron chi connectivity index (χ0n) is 16.9. The molecule has 0 amide bonds. The number of methoxy groups -OCH3 is 2. The van der Waals surface area contributed by atoms with Gasteiger partial charge in [0.2, 0.25) is 0 Å². The summed E-state index contributed by atoms with van der Waals surface area (Å²) in [7, 11) is 5.17. The lowest BCUT2D eigenvalue weighted by Crippen LogP contribution is -2.45. The number of aliphatic imine (C=N–C) groups is 1. The van der Waals surface area contributed by atoms with E-state index in [0.717, 1.165) is 56.6 Å². The number of rotatable bonds is 8. The van der Waals surface area contributed by atoms with Gasteiger partial charge in [0.1, 0.15) is 11.5 Å². The van der Waals surface area contributed by atoms with Crippen molar-refractivity contribution in [3.8, 4) is 11.5 Å². The molecule has 0 spiro atoms. The van der Waals surface area contributed by atoms with Gasteiger partial charge in [-0.25, -0.2) is 4.98 Å². The van der Waals surface area contributed by atoms with Gasteiger partial charge < -0.3 is 24.7 Å². The number of aromatic nitrogens is 2. The van der Waals surface area contributed by atoms with Crippen LogP contribution in [0.25, 0.3) is 0 Å². The Balaban J connectivity index is 1.46. The van der Waals surface area contributed by atoms with Crippen molar-refractivity contribution in [2.24, 2.45) is 4.99 Å². The number of guanidine groups is 1. The molecular weight excluding hydrogens is 356 g/mol. The summed E-state index contributed by atoms with van der Waals surface area (Å²) in [5.41, 5.74) is 1.19. The molecule has 0 radical (unpaired) electrons. The van der Waals surface area contributed by atoms with Crippen LogP contribution in [0.2, 0.25) is 0 Å². The molecular formula is C20H30N6O2. The maximum absolute atomic E-state index is 5.37. The van der Waals surface area contributed by atoms with E-state index in [4.69, 9.17) is 9.47 Å². The minimum Gasteiger partial charge on any atom is -0.497 e. The summed E-state index contributed by atoms with van der Waals surface area (Å²) in [5.74, 6) is 2.49. The lowest BCUT2D eigenvalue weighted by molar-refractivity contribution is 0.321. The van der Waals surface area contributed by atoms with Crippen LogP contribution in [-0.2, 0) is 13.1 Å². The Morgan fingerprint density at radius 2 is 2.04 bits per heavy atom. The molecule has 28 heavy (non-hydrogen) atoms. The molecule has 0 bridgehead atoms. The van der Waals surface area contributed by atoms with E-state index in [1.54, 1.807) is 20.4 Å². The first kappa shape index (κ1) is 20.0. The lowest BCUT2D eigenvalue weighted by atomic mass is 10.2. The Morgan fingerprint density at radius 3 is 2.68 bits per heavy atom. The van der Waals surface area contributed by atoms with Crippen LogP contribution in [-0.4, -0.2) is 67.4 Å². The smallest absolute Gasteiger partial charge is 0.191 e. The molecule has 152 valence electrons. The van der Waals surface area contributed by atoms with Gasteiger partial charge in [-0.05, 0) is 24.1 Å². The molecule has 1 aromatic heterocycles. The predicted octanol–water partition coefficient (Wildman–Crippen LogP) is 1.34. The molecule has 8 heteroatoms.